The number of methoxy groups -OCH3 is 3. The summed E-state index contributed by atoms with van der Waals surface area (Å²) in [5, 5.41) is 14.8. The molecule has 0 saturated carbocycles. The van der Waals surface area contributed by atoms with Gasteiger partial charge in [-0.2, -0.15) is 0 Å². The summed E-state index contributed by atoms with van der Waals surface area (Å²) < 4.78 is 29.4. The Morgan fingerprint density at radius 2 is 1.24 bits per heavy atom. The molecule has 0 unspecified atom stereocenters. The first-order valence-electron chi connectivity index (χ1n) is 10.2. The Hall–Kier alpha value is -3.37. The second-order valence-corrected chi connectivity index (χ2v) is 7.31. The van der Waals surface area contributed by atoms with Gasteiger partial charge in [0, 0.05) is 50.9 Å². The third kappa shape index (κ3) is 7.92. The minimum Gasteiger partial charge on any atom is -0.496 e. The van der Waals surface area contributed by atoms with Crippen molar-refractivity contribution in [3.8, 4) is 17.2 Å². The number of carbonyl (C=O) groups is 2. The molecule has 0 amide bonds. The van der Waals surface area contributed by atoms with E-state index in [0.717, 1.165) is 56.1 Å². The lowest BCUT2D eigenvalue weighted by Crippen LogP contribution is -2.45. The predicted molar refractivity (Wildman–Crippen MR) is 118 cm³/mol. The quantitative estimate of drug-likeness (QED) is 0.597. The zero-order chi connectivity index (χ0) is 24.4. The number of benzene rings is 2. The topological polar surface area (TPSA) is 109 Å². The monoisotopic (exact) mass is 464 g/mol. The Bertz CT molecular complexity index is 917. The maximum Gasteiger partial charge on any atom is 0.414 e. The van der Waals surface area contributed by atoms with Crippen LogP contribution >= 0.6 is 0 Å². The fourth-order valence-electron chi connectivity index (χ4n) is 3.41. The molecule has 3 rings (SSSR count). The van der Waals surface area contributed by atoms with Gasteiger partial charge in [0.15, 0.2) is 11.5 Å². The van der Waals surface area contributed by atoms with Crippen molar-refractivity contribution in [2.75, 3.05) is 47.5 Å². The third-order valence-electron chi connectivity index (χ3n) is 5.15. The number of carboxylic acids is 2. The van der Waals surface area contributed by atoms with Crippen molar-refractivity contribution >= 4 is 11.9 Å². The number of aliphatic carboxylic acids is 2. The van der Waals surface area contributed by atoms with Gasteiger partial charge in [-0.05, 0) is 23.8 Å². The number of hydrogen-bond acceptors (Lipinski definition) is 7. The maximum atomic E-state index is 13.0. The Kier molecular flexibility index (Phi) is 9.89. The minimum atomic E-state index is -1.82. The van der Waals surface area contributed by atoms with Crippen LogP contribution in [0.4, 0.5) is 4.39 Å². The zero-order valence-electron chi connectivity index (χ0n) is 18.9. The first kappa shape index (κ1) is 25.9. The van der Waals surface area contributed by atoms with Crippen molar-refractivity contribution in [3.05, 3.63) is 53.3 Å². The fraction of sp³-hybridized carbons (Fsp3) is 0.391. The van der Waals surface area contributed by atoms with Gasteiger partial charge >= 0.3 is 11.9 Å². The summed E-state index contributed by atoms with van der Waals surface area (Å²) in [4.78, 5) is 23.0. The molecule has 0 radical (unpaired) electrons. The summed E-state index contributed by atoms with van der Waals surface area (Å²) in [6, 6.07) is 10.6. The van der Waals surface area contributed by atoms with E-state index in [4.69, 9.17) is 34.0 Å². The molecular formula is C23H29FN2O7. The van der Waals surface area contributed by atoms with E-state index in [0.29, 0.717) is 11.5 Å². The number of carboxylic acid groups (broad SMARTS) is 2. The van der Waals surface area contributed by atoms with Gasteiger partial charge in [0.1, 0.15) is 11.6 Å². The van der Waals surface area contributed by atoms with E-state index in [1.807, 2.05) is 24.3 Å². The lowest BCUT2D eigenvalue weighted by molar-refractivity contribution is -0.159. The summed E-state index contributed by atoms with van der Waals surface area (Å²) >= 11 is 0. The summed E-state index contributed by atoms with van der Waals surface area (Å²) in [7, 11) is 4.94. The second kappa shape index (κ2) is 12.6. The summed E-state index contributed by atoms with van der Waals surface area (Å²) in [5.74, 6) is -1.65. The highest BCUT2D eigenvalue weighted by Crippen LogP contribution is 2.35. The maximum absolute atomic E-state index is 13.0. The van der Waals surface area contributed by atoms with Gasteiger partial charge in [-0.1, -0.05) is 12.1 Å². The first-order valence-corrected chi connectivity index (χ1v) is 10.2. The molecule has 0 atom stereocenters. The van der Waals surface area contributed by atoms with Gasteiger partial charge in [0.2, 0.25) is 0 Å². The fourth-order valence-corrected chi connectivity index (χ4v) is 3.41. The van der Waals surface area contributed by atoms with Crippen LogP contribution in [0.25, 0.3) is 0 Å². The molecule has 1 heterocycles. The van der Waals surface area contributed by atoms with Crippen molar-refractivity contribution in [2.45, 2.75) is 13.1 Å². The van der Waals surface area contributed by atoms with Crippen molar-refractivity contribution in [1.29, 1.82) is 0 Å². The van der Waals surface area contributed by atoms with E-state index in [1.165, 1.54) is 12.1 Å². The standard InChI is InChI=1S/C21H27FN2O3.C2H2O4/c1-25-19-13-21(27-3)20(26-2)12-17(19)15-24-10-8-23(9-11-24)14-16-4-6-18(22)7-5-16;3-1(4)2(5)6/h4-7,12-13H,8-11,14-15H2,1-3H3;(H,3,4)(H,5,6). The van der Waals surface area contributed by atoms with Gasteiger partial charge < -0.3 is 24.4 Å². The Balaban J connectivity index is 0.000000569. The molecule has 0 aromatic heterocycles. The number of halogens is 1. The van der Waals surface area contributed by atoms with Gasteiger partial charge in [-0.25, -0.2) is 14.0 Å². The van der Waals surface area contributed by atoms with E-state index in [2.05, 4.69) is 9.80 Å². The number of rotatable bonds is 7. The van der Waals surface area contributed by atoms with Crippen LogP contribution in [0.5, 0.6) is 17.2 Å². The van der Waals surface area contributed by atoms with E-state index in [-0.39, 0.29) is 5.82 Å². The second-order valence-electron chi connectivity index (χ2n) is 7.31. The average Bonchev–Trinajstić information content (AvgIpc) is 2.81. The van der Waals surface area contributed by atoms with Gasteiger partial charge in [-0.3, -0.25) is 9.80 Å². The van der Waals surface area contributed by atoms with Crippen LogP contribution < -0.4 is 14.2 Å². The van der Waals surface area contributed by atoms with Crippen molar-refractivity contribution in [1.82, 2.24) is 9.80 Å². The minimum absolute atomic E-state index is 0.188. The van der Waals surface area contributed by atoms with Crippen LogP contribution in [0.3, 0.4) is 0 Å². The lowest BCUT2D eigenvalue weighted by Gasteiger charge is -2.35. The molecule has 9 nitrogen and oxygen atoms in total. The van der Waals surface area contributed by atoms with Gasteiger partial charge in [0.25, 0.3) is 0 Å². The molecule has 0 bridgehead atoms. The highest BCUT2D eigenvalue weighted by Gasteiger charge is 2.20. The van der Waals surface area contributed by atoms with Crippen LogP contribution in [0, 0.1) is 5.82 Å². The van der Waals surface area contributed by atoms with Gasteiger partial charge in [-0.15, -0.1) is 0 Å². The number of ether oxygens (including phenoxy) is 3. The zero-order valence-corrected chi connectivity index (χ0v) is 18.9. The Labute approximate surface area is 191 Å². The van der Waals surface area contributed by atoms with Crippen molar-refractivity contribution in [2.24, 2.45) is 0 Å². The molecule has 2 N–H and O–H groups in total. The van der Waals surface area contributed by atoms with Crippen LogP contribution in [0.15, 0.2) is 36.4 Å². The molecule has 0 spiro atoms. The normalized spacial score (nSPS) is 14.1. The van der Waals surface area contributed by atoms with Crippen LogP contribution in [0.1, 0.15) is 11.1 Å². The van der Waals surface area contributed by atoms with Gasteiger partial charge in [0.05, 0.1) is 21.3 Å². The molecule has 1 fully saturated rings. The molecule has 0 aliphatic carbocycles. The first-order chi connectivity index (χ1) is 15.8. The smallest absolute Gasteiger partial charge is 0.414 e. The third-order valence-corrected chi connectivity index (χ3v) is 5.15. The summed E-state index contributed by atoms with van der Waals surface area (Å²) in [5.41, 5.74) is 2.23. The average molecular weight is 464 g/mol. The largest absolute Gasteiger partial charge is 0.496 e. The number of nitrogens with zero attached hydrogens (tertiary/aromatic N) is 2. The molecule has 2 aromatic rings. The summed E-state index contributed by atoms with van der Waals surface area (Å²) in [6.07, 6.45) is 0. The number of piperazine rings is 1. The molecule has 33 heavy (non-hydrogen) atoms. The van der Waals surface area contributed by atoms with Crippen LogP contribution in [0.2, 0.25) is 0 Å². The van der Waals surface area contributed by atoms with E-state index in [9.17, 15) is 4.39 Å². The molecular weight excluding hydrogens is 435 g/mol. The van der Waals surface area contributed by atoms with E-state index >= 15 is 0 Å². The van der Waals surface area contributed by atoms with E-state index in [1.54, 1.807) is 21.3 Å². The highest BCUT2D eigenvalue weighted by atomic mass is 19.1. The predicted octanol–water partition coefficient (Wildman–Crippen LogP) is 2.32. The van der Waals surface area contributed by atoms with E-state index < -0.39 is 11.9 Å². The van der Waals surface area contributed by atoms with Crippen LogP contribution in [-0.2, 0) is 22.7 Å². The molecule has 2 aromatic carbocycles. The Morgan fingerprint density at radius 1 is 0.788 bits per heavy atom. The van der Waals surface area contributed by atoms with Crippen molar-refractivity contribution in [3.63, 3.8) is 0 Å². The molecule has 1 aliphatic heterocycles. The van der Waals surface area contributed by atoms with Crippen LogP contribution in [-0.4, -0.2) is 79.5 Å². The number of hydrogen-bond donors (Lipinski definition) is 2. The molecule has 180 valence electrons. The van der Waals surface area contributed by atoms with Crippen molar-refractivity contribution < 1.29 is 38.4 Å². The molecule has 10 heteroatoms. The SMILES string of the molecule is COc1cc(OC)c(OC)cc1CN1CCN(Cc2ccc(F)cc2)CC1.O=C(O)C(=O)O. The summed E-state index contributed by atoms with van der Waals surface area (Å²) in [6.45, 7) is 5.55. The highest BCUT2D eigenvalue weighted by molar-refractivity contribution is 6.27. The Morgan fingerprint density at radius 3 is 1.70 bits per heavy atom. The lowest BCUT2D eigenvalue weighted by atomic mass is 10.1. The molecule has 1 aliphatic rings. The molecule has 1 saturated heterocycles.